The number of hydrogen-bond donors (Lipinski definition) is 1. The molecule has 1 N–H and O–H groups in total. The van der Waals surface area contributed by atoms with E-state index in [1.54, 1.807) is 12.4 Å². The second kappa shape index (κ2) is 4.80. The maximum absolute atomic E-state index is 11.8. The molecular weight excluding hydrogens is 276 g/mol. The summed E-state index contributed by atoms with van der Waals surface area (Å²) in [5.74, 6) is 0. The molecule has 0 unspecified atom stereocenters. The van der Waals surface area contributed by atoms with E-state index in [1.807, 2.05) is 24.4 Å². The fourth-order valence-corrected chi connectivity index (χ4v) is 2.84. The molecule has 1 aromatic heterocycles. The Kier molecular flexibility index (Phi) is 2.79. The molecule has 0 spiro atoms. The van der Waals surface area contributed by atoms with Gasteiger partial charge in [-0.25, -0.2) is 5.10 Å². The van der Waals surface area contributed by atoms with Crippen molar-refractivity contribution < 1.29 is 0 Å². The van der Waals surface area contributed by atoms with Crippen molar-refractivity contribution in [1.82, 2.24) is 19.7 Å². The fraction of sp³-hybridized carbons (Fsp3) is 0.118. The lowest BCUT2D eigenvalue weighted by Crippen LogP contribution is -2.05. The Morgan fingerprint density at radius 2 is 1.95 bits per heavy atom. The van der Waals surface area contributed by atoms with E-state index in [-0.39, 0.29) is 5.56 Å². The van der Waals surface area contributed by atoms with Gasteiger partial charge in [0, 0.05) is 30.5 Å². The van der Waals surface area contributed by atoms with Crippen molar-refractivity contribution in [2.45, 2.75) is 13.5 Å². The minimum absolute atomic E-state index is 0.141. The van der Waals surface area contributed by atoms with E-state index in [1.165, 1.54) is 0 Å². The molecule has 1 aromatic carbocycles. The van der Waals surface area contributed by atoms with E-state index in [0.717, 1.165) is 34.3 Å². The number of H-pyrrole nitrogens is 1. The van der Waals surface area contributed by atoms with Gasteiger partial charge in [-0.05, 0) is 42.3 Å². The third-order valence-corrected chi connectivity index (χ3v) is 3.97. The highest BCUT2D eigenvalue weighted by Crippen LogP contribution is 2.30. The number of aromatic nitrogens is 4. The number of nitrogens with one attached hydrogen (secondary N) is 1. The zero-order valence-corrected chi connectivity index (χ0v) is 12.1. The van der Waals surface area contributed by atoms with E-state index in [2.05, 4.69) is 38.8 Å². The van der Waals surface area contributed by atoms with Gasteiger partial charge < -0.3 is 4.57 Å². The van der Waals surface area contributed by atoms with Gasteiger partial charge in [0.15, 0.2) is 0 Å². The van der Waals surface area contributed by atoms with Crippen LogP contribution in [-0.4, -0.2) is 19.7 Å². The Balaban J connectivity index is 2.06. The van der Waals surface area contributed by atoms with Gasteiger partial charge in [-0.15, -0.1) is 0 Å². The summed E-state index contributed by atoms with van der Waals surface area (Å²) < 4.78 is 2.08. The molecule has 4 rings (SSSR count). The second-order valence-electron chi connectivity index (χ2n) is 5.20. The zero-order valence-electron chi connectivity index (χ0n) is 12.1. The van der Waals surface area contributed by atoms with Crippen LogP contribution in [0, 0.1) is 0 Å². The summed E-state index contributed by atoms with van der Waals surface area (Å²) in [7, 11) is 0. The first-order chi connectivity index (χ1) is 10.8. The molecule has 0 aliphatic carbocycles. The standard InChI is InChI=1S/C17H14N4O/c1-2-21-10-14-16(19-20-17(14)22)13-4-3-12(9-15(13)21)11-5-7-18-8-6-11/h3-10H,2H2,1H3,(H,20,22). The zero-order chi connectivity index (χ0) is 15.1. The molecule has 5 heteroatoms. The summed E-state index contributed by atoms with van der Waals surface area (Å²) in [6, 6.07) is 10.2. The van der Waals surface area contributed by atoms with E-state index in [4.69, 9.17) is 0 Å². The van der Waals surface area contributed by atoms with Crippen molar-refractivity contribution in [2.24, 2.45) is 0 Å². The number of pyridine rings is 2. The first kappa shape index (κ1) is 12.8. The molecular formula is C17H14N4O. The Labute approximate surface area is 126 Å². The molecule has 0 atom stereocenters. The second-order valence-corrected chi connectivity index (χ2v) is 5.20. The van der Waals surface area contributed by atoms with Crippen LogP contribution in [0.5, 0.6) is 0 Å². The van der Waals surface area contributed by atoms with Gasteiger partial charge in [-0.2, -0.15) is 5.10 Å². The normalized spacial score (nSPS) is 11.3. The largest absolute Gasteiger partial charge is 0.347 e. The average Bonchev–Trinajstić information content (AvgIpc) is 2.95. The Morgan fingerprint density at radius 3 is 2.73 bits per heavy atom. The quantitative estimate of drug-likeness (QED) is 0.617. The lowest BCUT2D eigenvalue weighted by molar-refractivity contribution is 0.789. The van der Waals surface area contributed by atoms with Gasteiger partial charge in [-0.1, -0.05) is 6.07 Å². The smallest absolute Gasteiger partial charge is 0.275 e. The predicted molar refractivity (Wildman–Crippen MR) is 85.9 cm³/mol. The van der Waals surface area contributed by atoms with Crippen LogP contribution in [0.15, 0.2) is 53.7 Å². The number of nitrogens with zero attached hydrogens (tertiary/aromatic N) is 3. The van der Waals surface area contributed by atoms with Crippen LogP contribution < -0.4 is 5.56 Å². The van der Waals surface area contributed by atoms with Gasteiger partial charge in [0.05, 0.1) is 11.1 Å². The monoisotopic (exact) mass is 290 g/mol. The van der Waals surface area contributed by atoms with Crippen molar-refractivity contribution >= 4 is 10.9 Å². The van der Waals surface area contributed by atoms with Gasteiger partial charge >= 0.3 is 0 Å². The highest BCUT2D eigenvalue weighted by atomic mass is 16.1. The summed E-state index contributed by atoms with van der Waals surface area (Å²) in [5.41, 5.74) is 4.52. The lowest BCUT2D eigenvalue weighted by atomic mass is 10.0. The number of hydrogen-bond acceptors (Lipinski definition) is 3. The maximum atomic E-state index is 11.8. The first-order valence-electron chi connectivity index (χ1n) is 7.19. The van der Waals surface area contributed by atoms with E-state index in [0.29, 0.717) is 5.56 Å². The number of benzene rings is 1. The highest BCUT2D eigenvalue weighted by Gasteiger charge is 2.16. The summed E-state index contributed by atoms with van der Waals surface area (Å²) in [5, 5.41) is 7.68. The van der Waals surface area contributed by atoms with Crippen molar-refractivity contribution in [3.8, 4) is 22.4 Å². The summed E-state index contributed by atoms with van der Waals surface area (Å²) in [6.07, 6.45) is 5.45. The molecule has 22 heavy (non-hydrogen) atoms. The Hall–Kier alpha value is -2.95. The van der Waals surface area contributed by atoms with E-state index in [9.17, 15) is 4.79 Å². The van der Waals surface area contributed by atoms with Crippen LogP contribution in [0.1, 0.15) is 6.92 Å². The van der Waals surface area contributed by atoms with Gasteiger partial charge in [0.25, 0.3) is 5.56 Å². The van der Waals surface area contributed by atoms with Gasteiger partial charge in [0.2, 0.25) is 0 Å². The number of fused-ring (bicyclic) bond motifs is 3. The van der Waals surface area contributed by atoms with Crippen molar-refractivity contribution in [1.29, 1.82) is 0 Å². The van der Waals surface area contributed by atoms with Crippen molar-refractivity contribution in [3.63, 3.8) is 0 Å². The van der Waals surface area contributed by atoms with Crippen LogP contribution in [0.3, 0.4) is 0 Å². The molecule has 5 nitrogen and oxygen atoms in total. The highest BCUT2D eigenvalue weighted by molar-refractivity contribution is 5.95. The SMILES string of the molecule is CCn1cc2c(=O)[nH]nc-2c2ccc(-c3ccncc3)cc21. The number of aromatic amines is 1. The molecule has 0 radical (unpaired) electrons. The summed E-state index contributed by atoms with van der Waals surface area (Å²) in [6.45, 7) is 2.85. The van der Waals surface area contributed by atoms with Crippen LogP contribution in [0.2, 0.25) is 0 Å². The van der Waals surface area contributed by atoms with Gasteiger partial charge in [0.1, 0.15) is 5.69 Å². The minimum Gasteiger partial charge on any atom is -0.347 e. The molecule has 108 valence electrons. The van der Waals surface area contributed by atoms with Crippen molar-refractivity contribution in [3.05, 3.63) is 59.3 Å². The average molecular weight is 290 g/mol. The number of rotatable bonds is 2. The van der Waals surface area contributed by atoms with Crippen molar-refractivity contribution in [2.75, 3.05) is 0 Å². The fourth-order valence-electron chi connectivity index (χ4n) is 2.84. The third kappa shape index (κ3) is 1.83. The molecule has 3 heterocycles. The van der Waals surface area contributed by atoms with Crippen LogP contribution >= 0.6 is 0 Å². The number of aryl methyl sites for hydroxylation is 1. The third-order valence-electron chi connectivity index (χ3n) is 3.97. The summed E-state index contributed by atoms with van der Waals surface area (Å²) >= 11 is 0. The minimum atomic E-state index is -0.141. The molecule has 0 saturated heterocycles. The Morgan fingerprint density at radius 1 is 1.14 bits per heavy atom. The van der Waals surface area contributed by atoms with Crippen LogP contribution in [-0.2, 0) is 6.54 Å². The first-order valence-corrected chi connectivity index (χ1v) is 7.19. The molecule has 2 aliphatic heterocycles. The van der Waals surface area contributed by atoms with Gasteiger partial charge in [-0.3, -0.25) is 9.78 Å². The van der Waals surface area contributed by atoms with Crippen LogP contribution in [0.25, 0.3) is 33.3 Å². The van der Waals surface area contributed by atoms with E-state index >= 15 is 0 Å². The maximum Gasteiger partial charge on any atom is 0.275 e. The van der Waals surface area contributed by atoms with Crippen LogP contribution in [0.4, 0.5) is 0 Å². The molecule has 0 amide bonds. The molecule has 0 saturated carbocycles. The lowest BCUT2D eigenvalue weighted by Gasteiger charge is -2.13. The summed E-state index contributed by atoms with van der Waals surface area (Å²) in [4.78, 5) is 15.9. The molecule has 0 bridgehead atoms. The predicted octanol–water partition coefficient (Wildman–Crippen LogP) is 2.91. The Bertz CT molecular complexity index is 985. The van der Waals surface area contributed by atoms with E-state index < -0.39 is 0 Å². The molecule has 2 aromatic rings. The topological polar surface area (TPSA) is 63.6 Å². The molecule has 2 aliphatic rings. The molecule has 0 fully saturated rings.